The van der Waals surface area contributed by atoms with Crippen molar-refractivity contribution in [3.63, 3.8) is 0 Å². The van der Waals surface area contributed by atoms with Gasteiger partial charge in [-0.15, -0.1) is 0 Å². The van der Waals surface area contributed by atoms with Gasteiger partial charge >= 0.3 is 0 Å². The number of H-pyrrole nitrogens is 1. The van der Waals surface area contributed by atoms with Crippen LogP contribution in [0.15, 0.2) is 48.7 Å². The summed E-state index contributed by atoms with van der Waals surface area (Å²) in [5.74, 6) is -0.193. The lowest BCUT2D eigenvalue weighted by Gasteiger charge is -2.19. The van der Waals surface area contributed by atoms with E-state index in [0.717, 1.165) is 45.7 Å². The molecule has 5 heteroatoms. The van der Waals surface area contributed by atoms with E-state index in [9.17, 15) is 4.39 Å². The van der Waals surface area contributed by atoms with Crippen LogP contribution in [0.1, 0.15) is 23.7 Å². The molecule has 0 atom stereocenters. The fraction of sp³-hybridized carbons (Fsp3) is 0.200. The van der Waals surface area contributed by atoms with E-state index >= 15 is 0 Å². The van der Waals surface area contributed by atoms with Crippen molar-refractivity contribution in [2.24, 2.45) is 0 Å². The molecule has 0 saturated heterocycles. The molecule has 0 saturated carbocycles. The van der Waals surface area contributed by atoms with Gasteiger partial charge in [-0.05, 0) is 48.4 Å². The fourth-order valence-corrected chi connectivity index (χ4v) is 3.61. The van der Waals surface area contributed by atoms with E-state index in [2.05, 4.69) is 33.9 Å². The number of benzene rings is 2. The second kappa shape index (κ2) is 6.12. The number of halogens is 2. The molecule has 0 aliphatic carbocycles. The molecule has 0 amide bonds. The minimum Gasteiger partial charge on any atom is -0.383 e. The maximum absolute atomic E-state index is 13.4. The van der Waals surface area contributed by atoms with Crippen molar-refractivity contribution >= 4 is 28.2 Å². The first-order chi connectivity index (χ1) is 12.0. The molecule has 0 radical (unpaired) electrons. The fourth-order valence-electron chi connectivity index (χ4n) is 3.32. The van der Waals surface area contributed by atoms with Crippen molar-refractivity contribution in [3.05, 3.63) is 76.3 Å². The highest BCUT2D eigenvalue weighted by atomic mass is 35.5. The van der Waals surface area contributed by atoms with Crippen LogP contribution in [-0.4, -0.2) is 4.98 Å². The first kappa shape index (κ1) is 16.0. The summed E-state index contributed by atoms with van der Waals surface area (Å²) in [6.45, 7) is 7.90. The van der Waals surface area contributed by atoms with Crippen molar-refractivity contribution in [3.8, 4) is 0 Å². The van der Waals surface area contributed by atoms with Gasteiger partial charge in [-0.3, -0.25) is 0 Å². The Hall–Kier alpha value is -2.46. The Bertz CT molecular complexity index is 976. The minimum atomic E-state index is -0.193. The molecular formula is C20H19ClFN3. The zero-order valence-electron chi connectivity index (χ0n) is 14.0. The Balaban J connectivity index is 1.64. The van der Waals surface area contributed by atoms with Crippen molar-refractivity contribution < 1.29 is 4.39 Å². The van der Waals surface area contributed by atoms with E-state index in [4.69, 9.17) is 11.6 Å². The molecule has 1 aromatic heterocycles. The molecule has 2 aromatic carbocycles. The van der Waals surface area contributed by atoms with Crippen LogP contribution in [0.5, 0.6) is 0 Å². The maximum atomic E-state index is 13.4. The second-order valence-electron chi connectivity index (χ2n) is 6.59. The molecule has 1 aliphatic rings. The number of aromatic nitrogens is 1. The topological polar surface area (TPSA) is 31.1 Å². The summed E-state index contributed by atoms with van der Waals surface area (Å²) in [5, 5.41) is 5.01. The van der Waals surface area contributed by atoms with E-state index in [0.29, 0.717) is 18.1 Å². The summed E-state index contributed by atoms with van der Waals surface area (Å²) >= 11 is 6.53. The third-order valence-electron chi connectivity index (χ3n) is 4.56. The van der Waals surface area contributed by atoms with Gasteiger partial charge < -0.3 is 15.2 Å². The summed E-state index contributed by atoms with van der Waals surface area (Å²) in [7, 11) is 0. The van der Waals surface area contributed by atoms with E-state index in [-0.39, 0.29) is 5.82 Å². The Morgan fingerprint density at radius 3 is 2.84 bits per heavy atom. The largest absolute Gasteiger partial charge is 0.383 e. The standard InChI is InChI=1S/C20H19ClFN3/c1-12(2)23-9-17-6-14-7-18(21)20(8-19(14)24-17)25-10-13-3-4-16(22)5-15(13)11-25/h3-8,23-24H,1,9-11H2,2H3. The van der Waals surface area contributed by atoms with Gasteiger partial charge in [0.15, 0.2) is 0 Å². The van der Waals surface area contributed by atoms with Crippen LogP contribution < -0.4 is 10.2 Å². The Morgan fingerprint density at radius 2 is 2.04 bits per heavy atom. The summed E-state index contributed by atoms with van der Waals surface area (Å²) in [6, 6.07) is 11.1. The third kappa shape index (κ3) is 3.10. The number of nitrogens with zero attached hydrogens (tertiary/aromatic N) is 1. The molecule has 3 nitrogen and oxygen atoms in total. The van der Waals surface area contributed by atoms with E-state index in [1.165, 1.54) is 6.07 Å². The molecule has 2 N–H and O–H groups in total. The van der Waals surface area contributed by atoms with Crippen molar-refractivity contribution in [2.45, 2.75) is 26.6 Å². The summed E-state index contributed by atoms with van der Waals surface area (Å²) in [4.78, 5) is 5.60. The number of rotatable bonds is 4. The van der Waals surface area contributed by atoms with Crippen LogP contribution in [-0.2, 0) is 19.6 Å². The average Bonchev–Trinajstić information content (AvgIpc) is 3.14. The zero-order chi connectivity index (χ0) is 17.6. The number of nitrogens with one attached hydrogen (secondary N) is 2. The number of fused-ring (bicyclic) bond motifs is 2. The molecule has 0 fully saturated rings. The molecular weight excluding hydrogens is 337 g/mol. The zero-order valence-corrected chi connectivity index (χ0v) is 14.8. The summed E-state index contributed by atoms with van der Waals surface area (Å²) in [5.41, 5.74) is 6.19. The van der Waals surface area contributed by atoms with E-state index < -0.39 is 0 Å². The van der Waals surface area contributed by atoms with Crippen molar-refractivity contribution in [1.82, 2.24) is 10.3 Å². The molecule has 25 heavy (non-hydrogen) atoms. The van der Waals surface area contributed by atoms with Gasteiger partial charge in [0.05, 0.1) is 17.3 Å². The Morgan fingerprint density at radius 1 is 1.24 bits per heavy atom. The quantitative estimate of drug-likeness (QED) is 0.681. The van der Waals surface area contributed by atoms with Crippen LogP contribution in [0.25, 0.3) is 10.9 Å². The van der Waals surface area contributed by atoms with Gasteiger partial charge in [0.2, 0.25) is 0 Å². The van der Waals surface area contributed by atoms with Gasteiger partial charge in [-0.1, -0.05) is 24.2 Å². The van der Waals surface area contributed by atoms with E-state index in [1.807, 2.05) is 19.1 Å². The monoisotopic (exact) mass is 355 g/mol. The highest BCUT2D eigenvalue weighted by Crippen LogP contribution is 2.36. The number of aromatic amines is 1. The molecule has 3 aromatic rings. The van der Waals surface area contributed by atoms with E-state index in [1.54, 1.807) is 6.07 Å². The first-order valence-corrected chi connectivity index (χ1v) is 8.60. The number of hydrogen-bond acceptors (Lipinski definition) is 2. The maximum Gasteiger partial charge on any atom is 0.123 e. The molecule has 1 aliphatic heterocycles. The number of anilines is 1. The van der Waals surface area contributed by atoms with Crippen LogP contribution >= 0.6 is 11.6 Å². The minimum absolute atomic E-state index is 0.193. The molecule has 0 bridgehead atoms. The highest BCUT2D eigenvalue weighted by molar-refractivity contribution is 6.34. The lowest BCUT2D eigenvalue weighted by atomic mass is 10.1. The van der Waals surface area contributed by atoms with Gasteiger partial charge in [0.1, 0.15) is 5.82 Å². The number of allylic oxidation sites excluding steroid dienone is 1. The lowest BCUT2D eigenvalue weighted by Crippen LogP contribution is -2.14. The van der Waals surface area contributed by atoms with Gasteiger partial charge in [-0.25, -0.2) is 4.39 Å². The van der Waals surface area contributed by atoms with Gasteiger partial charge in [-0.2, -0.15) is 0 Å². The lowest BCUT2D eigenvalue weighted by molar-refractivity contribution is 0.626. The third-order valence-corrected chi connectivity index (χ3v) is 4.86. The second-order valence-corrected chi connectivity index (χ2v) is 7.00. The summed E-state index contributed by atoms with van der Waals surface area (Å²) in [6.07, 6.45) is 0. The Kier molecular flexibility index (Phi) is 3.92. The predicted octanol–water partition coefficient (Wildman–Crippen LogP) is 5.10. The normalized spacial score (nSPS) is 13.3. The van der Waals surface area contributed by atoms with Gasteiger partial charge in [0.25, 0.3) is 0 Å². The molecule has 0 unspecified atom stereocenters. The summed E-state index contributed by atoms with van der Waals surface area (Å²) < 4.78 is 13.4. The SMILES string of the molecule is C=C(C)NCc1cc2cc(Cl)c(N3Cc4ccc(F)cc4C3)cc2[nH]1. The van der Waals surface area contributed by atoms with Crippen LogP contribution in [0, 0.1) is 5.82 Å². The van der Waals surface area contributed by atoms with Crippen LogP contribution in [0.2, 0.25) is 5.02 Å². The smallest absolute Gasteiger partial charge is 0.123 e. The van der Waals surface area contributed by atoms with Crippen molar-refractivity contribution in [1.29, 1.82) is 0 Å². The Labute approximate surface area is 151 Å². The highest BCUT2D eigenvalue weighted by Gasteiger charge is 2.22. The molecule has 0 spiro atoms. The number of hydrogen-bond donors (Lipinski definition) is 2. The van der Waals surface area contributed by atoms with Gasteiger partial charge in [0, 0.05) is 35.4 Å². The van der Waals surface area contributed by atoms with Crippen LogP contribution in [0.4, 0.5) is 10.1 Å². The van der Waals surface area contributed by atoms with Crippen molar-refractivity contribution in [2.75, 3.05) is 4.90 Å². The molecule has 4 rings (SSSR count). The predicted molar refractivity (Wildman–Crippen MR) is 101 cm³/mol. The molecule has 2 heterocycles. The molecule has 128 valence electrons. The first-order valence-electron chi connectivity index (χ1n) is 8.22. The average molecular weight is 356 g/mol. The van der Waals surface area contributed by atoms with Crippen LogP contribution in [0.3, 0.4) is 0 Å².